The summed E-state index contributed by atoms with van der Waals surface area (Å²) >= 11 is 0. The molecule has 1 amide bonds. The molecule has 0 aromatic carbocycles. The zero-order valence-corrected chi connectivity index (χ0v) is 6.00. The van der Waals surface area contributed by atoms with Gasteiger partial charge >= 0.3 is 0 Å². The Balaban J connectivity index is 4.05. The molecule has 0 rings (SSSR count). The van der Waals surface area contributed by atoms with Crippen LogP contribution in [-0.4, -0.2) is 11.9 Å². The number of hydrogen-bond acceptors (Lipinski definition) is 3. The summed E-state index contributed by atoms with van der Waals surface area (Å²) < 4.78 is 0. The second-order valence-electron chi connectivity index (χ2n) is 2.14. The van der Waals surface area contributed by atoms with Gasteiger partial charge in [0.05, 0.1) is 0 Å². The van der Waals surface area contributed by atoms with Gasteiger partial charge in [-0.05, 0) is 5.92 Å². The van der Waals surface area contributed by atoms with Gasteiger partial charge in [-0.2, -0.15) is 0 Å². The molecule has 0 aromatic heterocycles. The van der Waals surface area contributed by atoms with Gasteiger partial charge in [-0.25, -0.2) is 5.43 Å². The maximum Gasteiger partial charge on any atom is 0.236 e. The summed E-state index contributed by atoms with van der Waals surface area (Å²) in [4.78, 5) is 10.6. The molecule has 0 heterocycles. The first kappa shape index (κ1) is 9.13. The van der Waals surface area contributed by atoms with Crippen molar-refractivity contribution < 1.29 is 4.79 Å². The second-order valence-corrected chi connectivity index (χ2v) is 2.14. The normalized spacial score (nSPS) is 15.8. The molecular weight excluding hydrogens is 130 g/mol. The van der Waals surface area contributed by atoms with Crippen LogP contribution in [0.2, 0.25) is 0 Å². The summed E-state index contributed by atoms with van der Waals surface area (Å²) in [5.74, 6) is 4.55. The Labute approximate surface area is 60.2 Å². The number of nitrogens with one attached hydrogen (secondary N) is 1. The third-order valence-corrected chi connectivity index (χ3v) is 1.38. The number of hydrogen-bond donors (Lipinski definition) is 3. The SMILES string of the molecule is C=CC(C)C(NN)C(N)=O. The van der Waals surface area contributed by atoms with Crippen LogP contribution in [0.4, 0.5) is 0 Å². The van der Waals surface area contributed by atoms with Crippen molar-refractivity contribution in [3.8, 4) is 0 Å². The summed E-state index contributed by atoms with van der Waals surface area (Å²) in [6.07, 6.45) is 1.62. The highest BCUT2D eigenvalue weighted by Gasteiger charge is 2.17. The van der Waals surface area contributed by atoms with Crippen LogP contribution in [-0.2, 0) is 4.79 Å². The highest BCUT2D eigenvalue weighted by molar-refractivity contribution is 5.80. The van der Waals surface area contributed by atoms with E-state index in [2.05, 4.69) is 12.0 Å². The quantitative estimate of drug-likeness (QED) is 0.272. The fourth-order valence-electron chi connectivity index (χ4n) is 0.629. The molecule has 0 radical (unpaired) electrons. The lowest BCUT2D eigenvalue weighted by atomic mass is 10.0. The smallest absolute Gasteiger partial charge is 0.236 e. The minimum Gasteiger partial charge on any atom is -0.368 e. The first-order chi connectivity index (χ1) is 4.63. The minimum atomic E-state index is -0.516. The molecule has 10 heavy (non-hydrogen) atoms. The largest absolute Gasteiger partial charge is 0.368 e. The molecule has 5 N–H and O–H groups in total. The minimum absolute atomic E-state index is 0.0394. The molecule has 0 aliphatic carbocycles. The van der Waals surface area contributed by atoms with Crippen LogP contribution in [0.5, 0.6) is 0 Å². The van der Waals surface area contributed by atoms with Crippen molar-refractivity contribution in [2.24, 2.45) is 17.5 Å². The van der Waals surface area contributed by atoms with Crippen LogP contribution in [0.15, 0.2) is 12.7 Å². The number of rotatable bonds is 4. The van der Waals surface area contributed by atoms with E-state index in [4.69, 9.17) is 11.6 Å². The predicted octanol–water partition coefficient (Wildman–Crippen LogP) is -0.874. The molecule has 2 atom stereocenters. The Hall–Kier alpha value is -0.870. The highest BCUT2D eigenvalue weighted by atomic mass is 16.1. The Kier molecular flexibility index (Phi) is 3.68. The molecule has 4 heteroatoms. The van der Waals surface area contributed by atoms with E-state index in [1.165, 1.54) is 0 Å². The highest BCUT2D eigenvalue weighted by Crippen LogP contribution is 2.01. The molecule has 0 aromatic rings. The Morgan fingerprint density at radius 3 is 2.40 bits per heavy atom. The van der Waals surface area contributed by atoms with Gasteiger partial charge in [-0.1, -0.05) is 13.0 Å². The number of amides is 1. The Morgan fingerprint density at radius 1 is 1.80 bits per heavy atom. The van der Waals surface area contributed by atoms with E-state index in [0.717, 1.165) is 0 Å². The fraction of sp³-hybridized carbons (Fsp3) is 0.500. The molecule has 0 aliphatic rings. The Bertz CT molecular complexity index is 135. The van der Waals surface area contributed by atoms with Gasteiger partial charge in [0.1, 0.15) is 6.04 Å². The molecule has 0 spiro atoms. The lowest BCUT2D eigenvalue weighted by molar-refractivity contribution is -0.120. The average Bonchev–Trinajstić information content (AvgIpc) is 1.88. The lowest BCUT2D eigenvalue weighted by Crippen LogP contribution is -2.48. The van der Waals surface area contributed by atoms with Gasteiger partial charge in [-0.15, -0.1) is 6.58 Å². The standard InChI is InChI=1S/C6H13N3O/c1-3-4(2)5(9-8)6(7)10/h3-5,9H,1,8H2,2H3,(H2,7,10). The van der Waals surface area contributed by atoms with Crippen LogP contribution in [0.25, 0.3) is 0 Å². The van der Waals surface area contributed by atoms with E-state index < -0.39 is 11.9 Å². The van der Waals surface area contributed by atoms with Crippen molar-refractivity contribution in [2.75, 3.05) is 0 Å². The van der Waals surface area contributed by atoms with Crippen molar-refractivity contribution in [3.05, 3.63) is 12.7 Å². The van der Waals surface area contributed by atoms with Gasteiger partial charge in [0.2, 0.25) is 5.91 Å². The monoisotopic (exact) mass is 143 g/mol. The molecule has 0 saturated heterocycles. The van der Waals surface area contributed by atoms with Crippen LogP contribution < -0.4 is 17.0 Å². The van der Waals surface area contributed by atoms with E-state index in [0.29, 0.717) is 0 Å². The average molecular weight is 143 g/mol. The fourth-order valence-corrected chi connectivity index (χ4v) is 0.629. The summed E-state index contributed by atoms with van der Waals surface area (Å²) in [5, 5.41) is 0. The van der Waals surface area contributed by atoms with Crippen LogP contribution in [0.1, 0.15) is 6.92 Å². The van der Waals surface area contributed by atoms with Gasteiger partial charge in [0.15, 0.2) is 0 Å². The molecule has 0 bridgehead atoms. The maximum atomic E-state index is 10.6. The van der Waals surface area contributed by atoms with Crippen LogP contribution in [0, 0.1) is 5.92 Å². The third-order valence-electron chi connectivity index (χ3n) is 1.38. The molecule has 58 valence electrons. The van der Waals surface area contributed by atoms with Crippen molar-refractivity contribution in [2.45, 2.75) is 13.0 Å². The molecule has 2 unspecified atom stereocenters. The first-order valence-electron chi connectivity index (χ1n) is 3.01. The first-order valence-corrected chi connectivity index (χ1v) is 3.01. The number of carbonyl (C=O) groups is 1. The topological polar surface area (TPSA) is 81.1 Å². The Morgan fingerprint density at radius 2 is 2.30 bits per heavy atom. The van der Waals surface area contributed by atoms with Crippen molar-refractivity contribution in [3.63, 3.8) is 0 Å². The summed E-state index contributed by atoms with van der Waals surface area (Å²) in [7, 11) is 0. The zero-order chi connectivity index (χ0) is 8.15. The van der Waals surface area contributed by atoms with Crippen LogP contribution >= 0.6 is 0 Å². The summed E-state index contributed by atoms with van der Waals surface area (Å²) in [6.45, 7) is 5.32. The van der Waals surface area contributed by atoms with Crippen molar-refractivity contribution in [1.29, 1.82) is 0 Å². The van der Waals surface area contributed by atoms with Crippen molar-refractivity contribution >= 4 is 5.91 Å². The maximum absolute atomic E-state index is 10.6. The molecule has 4 nitrogen and oxygen atoms in total. The molecule has 0 aliphatic heterocycles. The van der Waals surface area contributed by atoms with E-state index >= 15 is 0 Å². The van der Waals surface area contributed by atoms with Gasteiger partial charge < -0.3 is 5.73 Å². The number of primary amides is 1. The van der Waals surface area contributed by atoms with Gasteiger partial charge in [-0.3, -0.25) is 10.6 Å². The summed E-state index contributed by atoms with van der Waals surface area (Å²) in [6, 6.07) is -0.516. The van der Waals surface area contributed by atoms with Crippen LogP contribution in [0.3, 0.4) is 0 Å². The molecular formula is C6H13N3O. The van der Waals surface area contributed by atoms with Crippen molar-refractivity contribution in [1.82, 2.24) is 5.43 Å². The lowest BCUT2D eigenvalue weighted by Gasteiger charge is -2.15. The number of nitrogens with two attached hydrogens (primary N) is 2. The zero-order valence-electron chi connectivity index (χ0n) is 6.00. The third kappa shape index (κ3) is 2.16. The van der Waals surface area contributed by atoms with Gasteiger partial charge in [0, 0.05) is 0 Å². The summed E-state index contributed by atoms with van der Waals surface area (Å²) in [5.41, 5.74) is 7.30. The second kappa shape index (κ2) is 4.03. The number of carbonyl (C=O) groups excluding carboxylic acids is 1. The van der Waals surface area contributed by atoms with E-state index in [1.54, 1.807) is 6.08 Å². The van der Waals surface area contributed by atoms with E-state index in [9.17, 15) is 4.79 Å². The number of hydrazine groups is 1. The molecule has 0 saturated carbocycles. The van der Waals surface area contributed by atoms with E-state index in [-0.39, 0.29) is 5.92 Å². The van der Waals surface area contributed by atoms with E-state index in [1.807, 2.05) is 6.92 Å². The predicted molar refractivity (Wildman–Crippen MR) is 39.7 cm³/mol. The molecule has 0 fully saturated rings. The van der Waals surface area contributed by atoms with Gasteiger partial charge in [0.25, 0.3) is 0 Å².